The Morgan fingerprint density at radius 1 is 1.40 bits per heavy atom. The molecule has 1 aliphatic rings. The van der Waals surface area contributed by atoms with E-state index < -0.39 is 0 Å². The Balaban J connectivity index is 1.81. The summed E-state index contributed by atoms with van der Waals surface area (Å²) >= 11 is 0. The van der Waals surface area contributed by atoms with E-state index in [0.29, 0.717) is 11.3 Å². The Bertz CT molecular complexity index is 470. The van der Waals surface area contributed by atoms with Gasteiger partial charge in [-0.25, -0.2) is 0 Å². The molecule has 20 heavy (non-hydrogen) atoms. The van der Waals surface area contributed by atoms with Crippen molar-refractivity contribution in [2.45, 2.75) is 46.0 Å². The van der Waals surface area contributed by atoms with Crippen molar-refractivity contribution in [3.05, 3.63) is 29.3 Å². The highest BCUT2D eigenvalue weighted by Gasteiger charge is 2.18. The van der Waals surface area contributed by atoms with Crippen LogP contribution in [0.25, 0.3) is 0 Å². The first-order valence-corrected chi connectivity index (χ1v) is 7.70. The molecule has 0 aromatic heterocycles. The van der Waals surface area contributed by atoms with Crippen LogP contribution in [0.4, 0.5) is 5.69 Å². The molecule has 1 amide bonds. The molecule has 3 N–H and O–H groups in total. The van der Waals surface area contributed by atoms with Crippen molar-refractivity contribution in [3.63, 3.8) is 0 Å². The Labute approximate surface area is 121 Å². The minimum Gasteiger partial charge on any atom is -0.398 e. The first kappa shape index (κ1) is 14.9. The van der Waals surface area contributed by atoms with E-state index in [4.69, 9.17) is 5.73 Å². The van der Waals surface area contributed by atoms with E-state index in [2.05, 4.69) is 12.2 Å². The van der Waals surface area contributed by atoms with Crippen LogP contribution in [0.5, 0.6) is 0 Å². The molecule has 0 bridgehead atoms. The zero-order chi connectivity index (χ0) is 14.5. The number of amides is 1. The summed E-state index contributed by atoms with van der Waals surface area (Å²) in [5.41, 5.74) is 8.08. The molecule has 1 fully saturated rings. The molecule has 2 atom stereocenters. The molecule has 0 spiro atoms. The van der Waals surface area contributed by atoms with E-state index in [0.717, 1.165) is 30.4 Å². The Hall–Kier alpha value is -1.51. The lowest BCUT2D eigenvalue weighted by atomic mass is 9.81. The Morgan fingerprint density at radius 2 is 2.20 bits per heavy atom. The molecule has 1 saturated carbocycles. The number of aryl methyl sites for hydroxylation is 1. The van der Waals surface area contributed by atoms with Crippen molar-refractivity contribution in [2.75, 3.05) is 12.3 Å². The van der Waals surface area contributed by atoms with Crippen LogP contribution in [0.15, 0.2) is 18.2 Å². The average Bonchev–Trinajstić information content (AvgIpc) is 2.41. The maximum absolute atomic E-state index is 12.1. The average molecular weight is 274 g/mol. The van der Waals surface area contributed by atoms with Crippen molar-refractivity contribution < 1.29 is 4.79 Å². The summed E-state index contributed by atoms with van der Waals surface area (Å²) in [5.74, 6) is 1.57. The SMILES string of the molecule is Cc1ccc(N)c(C(=O)NCCC2CCCC(C)C2)c1. The lowest BCUT2D eigenvalue weighted by molar-refractivity contribution is 0.0950. The van der Waals surface area contributed by atoms with E-state index in [9.17, 15) is 4.79 Å². The molecule has 1 aromatic rings. The summed E-state index contributed by atoms with van der Waals surface area (Å²) in [6.07, 6.45) is 6.41. The molecule has 0 heterocycles. The molecule has 1 aromatic carbocycles. The van der Waals surface area contributed by atoms with Crippen LogP contribution in [-0.2, 0) is 0 Å². The van der Waals surface area contributed by atoms with Crippen LogP contribution in [0.2, 0.25) is 0 Å². The van der Waals surface area contributed by atoms with Gasteiger partial charge >= 0.3 is 0 Å². The highest BCUT2D eigenvalue weighted by atomic mass is 16.1. The third-order valence-corrected chi connectivity index (χ3v) is 4.34. The summed E-state index contributed by atoms with van der Waals surface area (Å²) in [5, 5.41) is 3.01. The summed E-state index contributed by atoms with van der Waals surface area (Å²) in [7, 11) is 0. The Kier molecular flexibility index (Phi) is 5.05. The van der Waals surface area contributed by atoms with Crippen molar-refractivity contribution in [1.82, 2.24) is 5.32 Å². The second kappa shape index (κ2) is 6.78. The zero-order valence-corrected chi connectivity index (χ0v) is 12.6. The normalized spacial score (nSPS) is 22.5. The number of hydrogen-bond acceptors (Lipinski definition) is 2. The van der Waals surface area contributed by atoms with Crippen molar-refractivity contribution in [1.29, 1.82) is 0 Å². The Morgan fingerprint density at radius 3 is 2.95 bits per heavy atom. The van der Waals surface area contributed by atoms with Crippen LogP contribution in [0.1, 0.15) is 54.9 Å². The van der Waals surface area contributed by atoms with Crippen LogP contribution in [0.3, 0.4) is 0 Å². The maximum Gasteiger partial charge on any atom is 0.253 e. The number of nitrogens with two attached hydrogens (primary N) is 1. The van der Waals surface area contributed by atoms with Gasteiger partial charge in [0.15, 0.2) is 0 Å². The van der Waals surface area contributed by atoms with Gasteiger partial charge in [0.25, 0.3) is 5.91 Å². The molecule has 3 nitrogen and oxygen atoms in total. The summed E-state index contributed by atoms with van der Waals surface area (Å²) in [4.78, 5) is 12.1. The number of carbonyl (C=O) groups excluding carboxylic acids is 1. The minimum absolute atomic E-state index is 0.0462. The van der Waals surface area contributed by atoms with Gasteiger partial charge in [-0.1, -0.05) is 37.8 Å². The van der Waals surface area contributed by atoms with E-state index in [1.807, 2.05) is 19.1 Å². The van der Waals surface area contributed by atoms with Crippen molar-refractivity contribution in [3.8, 4) is 0 Å². The topological polar surface area (TPSA) is 55.1 Å². The lowest BCUT2D eigenvalue weighted by Crippen LogP contribution is -2.27. The number of benzene rings is 1. The fourth-order valence-electron chi connectivity index (χ4n) is 3.17. The number of carbonyl (C=O) groups is 1. The van der Waals surface area contributed by atoms with Crippen LogP contribution in [-0.4, -0.2) is 12.5 Å². The number of nitrogens with one attached hydrogen (secondary N) is 1. The van der Waals surface area contributed by atoms with E-state index >= 15 is 0 Å². The standard InChI is InChI=1S/C17H26N2O/c1-12-4-3-5-14(10-12)8-9-19-17(20)15-11-13(2)6-7-16(15)18/h6-7,11-12,14H,3-5,8-10,18H2,1-2H3,(H,19,20). The molecule has 2 rings (SSSR count). The van der Waals surface area contributed by atoms with Gasteiger partial charge in [0.1, 0.15) is 0 Å². The third kappa shape index (κ3) is 3.99. The fraction of sp³-hybridized carbons (Fsp3) is 0.588. The van der Waals surface area contributed by atoms with Gasteiger partial charge in [-0.05, 0) is 43.7 Å². The third-order valence-electron chi connectivity index (χ3n) is 4.34. The number of anilines is 1. The first-order chi connectivity index (χ1) is 9.56. The van der Waals surface area contributed by atoms with Crippen LogP contribution in [0, 0.1) is 18.8 Å². The summed E-state index contributed by atoms with van der Waals surface area (Å²) in [6, 6.07) is 5.58. The monoisotopic (exact) mass is 274 g/mol. The van der Waals surface area contributed by atoms with Crippen LogP contribution >= 0.6 is 0 Å². The minimum atomic E-state index is -0.0462. The first-order valence-electron chi connectivity index (χ1n) is 7.70. The quantitative estimate of drug-likeness (QED) is 0.825. The second-order valence-electron chi connectivity index (χ2n) is 6.27. The van der Waals surface area contributed by atoms with Crippen molar-refractivity contribution in [2.24, 2.45) is 11.8 Å². The molecular weight excluding hydrogens is 248 g/mol. The molecule has 0 saturated heterocycles. The number of nitrogen functional groups attached to an aromatic ring is 1. The van der Waals surface area contributed by atoms with Gasteiger partial charge < -0.3 is 11.1 Å². The smallest absolute Gasteiger partial charge is 0.253 e. The highest BCUT2D eigenvalue weighted by molar-refractivity contribution is 5.99. The molecule has 110 valence electrons. The molecule has 1 aliphatic carbocycles. The second-order valence-corrected chi connectivity index (χ2v) is 6.27. The largest absolute Gasteiger partial charge is 0.398 e. The van der Waals surface area contributed by atoms with Gasteiger partial charge in [0, 0.05) is 12.2 Å². The fourth-order valence-corrected chi connectivity index (χ4v) is 3.17. The number of hydrogen-bond donors (Lipinski definition) is 2. The van der Waals surface area contributed by atoms with E-state index in [-0.39, 0.29) is 5.91 Å². The van der Waals surface area contributed by atoms with Crippen molar-refractivity contribution >= 4 is 11.6 Å². The molecule has 3 heteroatoms. The molecule has 0 radical (unpaired) electrons. The van der Waals surface area contributed by atoms with Gasteiger partial charge in [0.05, 0.1) is 5.56 Å². The van der Waals surface area contributed by atoms with Crippen LogP contribution < -0.4 is 11.1 Å². The number of rotatable bonds is 4. The summed E-state index contributed by atoms with van der Waals surface area (Å²) in [6.45, 7) is 5.06. The van der Waals surface area contributed by atoms with Gasteiger partial charge in [-0.3, -0.25) is 4.79 Å². The zero-order valence-electron chi connectivity index (χ0n) is 12.6. The molecular formula is C17H26N2O. The van der Waals surface area contributed by atoms with Gasteiger partial charge in [-0.2, -0.15) is 0 Å². The van der Waals surface area contributed by atoms with Gasteiger partial charge in [-0.15, -0.1) is 0 Å². The highest BCUT2D eigenvalue weighted by Crippen LogP contribution is 2.30. The molecule has 0 aliphatic heterocycles. The lowest BCUT2D eigenvalue weighted by Gasteiger charge is -2.26. The van der Waals surface area contributed by atoms with E-state index in [1.54, 1.807) is 6.07 Å². The summed E-state index contributed by atoms with van der Waals surface area (Å²) < 4.78 is 0. The molecule has 2 unspecified atom stereocenters. The maximum atomic E-state index is 12.1. The predicted molar refractivity (Wildman–Crippen MR) is 83.7 cm³/mol. The predicted octanol–water partition coefficient (Wildman–Crippen LogP) is 3.52. The van der Waals surface area contributed by atoms with E-state index in [1.165, 1.54) is 25.7 Å². The van der Waals surface area contributed by atoms with Gasteiger partial charge in [0.2, 0.25) is 0 Å².